The largest absolute Gasteiger partial charge is 0.423 e. The highest BCUT2D eigenvalue weighted by Crippen LogP contribution is 2.32. The van der Waals surface area contributed by atoms with Gasteiger partial charge in [0.15, 0.2) is 0 Å². The molecule has 8 rings (SSSR count). The second-order valence-electron chi connectivity index (χ2n) is 10.5. The molecule has 0 atom stereocenters. The van der Waals surface area contributed by atoms with Crippen molar-refractivity contribution < 1.29 is 18.0 Å². The van der Waals surface area contributed by atoms with Crippen LogP contribution in [0, 0.1) is 5.82 Å². The summed E-state index contributed by atoms with van der Waals surface area (Å²) < 4.78 is 32.0. The highest BCUT2D eigenvalue weighted by atomic mass is 32.2. The molecule has 0 saturated carbocycles. The van der Waals surface area contributed by atoms with E-state index in [4.69, 9.17) is 13.6 Å². The van der Waals surface area contributed by atoms with Crippen molar-refractivity contribution in [3.63, 3.8) is 0 Å². The van der Waals surface area contributed by atoms with Crippen molar-refractivity contribution >= 4 is 45.3 Å². The maximum atomic E-state index is 14.5. The maximum Gasteiger partial charge on any atom is 0.349 e. The van der Waals surface area contributed by atoms with Crippen LogP contribution in [0.2, 0.25) is 0 Å². The molecule has 12 nitrogen and oxygen atoms in total. The molecule has 0 spiro atoms. The number of piperazine rings is 1. The second kappa shape index (κ2) is 12.1. The van der Waals surface area contributed by atoms with Gasteiger partial charge in [-0.2, -0.15) is 15.0 Å². The summed E-state index contributed by atoms with van der Waals surface area (Å²) in [5, 5.41) is 10.0. The number of hydrogen-bond donors (Lipinski definition) is 0. The minimum Gasteiger partial charge on any atom is -0.423 e. The zero-order valence-corrected chi connectivity index (χ0v) is 25.3. The van der Waals surface area contributed by atoms with E-state index in [2.05, 4.69) is 30.1 Å². The average molecular weight is 647 g/mol. The van der Waals surface area contributed by atoms with Crippen molar-refractivity contribution in [3.8, 4) is 23.2 Å². The Balaban J connectivity index is 1.10. The van der Waals surface area contributed by atoms with Crippen LogP contribution in [0.15, 0.2) is 115 Å². The number of fused-ring (bicyclic) bond motifs is 2. The first-order chi connectivity index (χ1) is 23.1. The van der Waals surface area contributed by atoms with Gasteiger partial charge in [0, 0.05) is 54.9 Å². The Morgan fingerprint density at radius 3 is 2.49 bits per heavy atom. The van der Waals surface area contributed by atoms with Crippen LogP contribution in [-0.2, 0) is 0 Å². The lowest BCUT2D eigenvalue weighted by Crippen LogP contribution is -2.47. The molecule has 232 valence electrons. The van der Waals surface area contributed by atoms with Crippen molar-refractivity contribution in [2.75, 3.05) is 36.0 Å². The van der Waals surface area contributed by atoms with E-state index in [1.54, 1.807) is 42.6 Å². The Morgan fingerprint density at radius 1 is 0.809 bits per heavy atom. The first-order valence-corrected chi connectivity index (χ1v) is 15.5. The first kappa shape index (κ1) is 28.6. The van der Waals surface area contributed by atoms with E-state index in [1.165, 1.54) is 6.07 Å². The predicted octanol–water partition coefficient (Wildman–Crippen LogP) is 5.99. The van der Waals surface area contributed by atoms with E-state index in [0.717, 1.165) is 28.1 Å². The van der Waals surface area contributed by atoms with Gasteiger partial charge in [0.05, 0.1) is 11.2 Å². The van der Waals surface area contributed by atoms with Crippen LogP contribution in [-0.4, -0.2) is 56.3 Å². The van der Waals surface area contributed by atoms with Gasteiger partial charge in [-0.15, -0.1) is 10.2 Å². The molecule has 0 bridgehead atoms. The Bertz CT molecular complexity index is 2300. The predicted molar refractivity (Wildman–Crippen MR) is 172 cm³/mol. The minimum atomic E-state index is -0.596. The highest BCUT2D eigenvalue weighted by molar-refractivity contribution is 7.98. The molecule has 47 heavy (non-hydrogen) atoms. The Hall–Kier alpha value is -5.89. The van der Waals surface area contributed by atoms with Crippen molar-refractivity contribution in [2.24, 2.45) is 0 Å². The van der Waals surface area contributed by atoms with E-state index in [9.17, 15) is 9.18 Å². The van der Waals surface area contributed by atoms with Gasteiger partial charge in [-0.1, -0.05) is 42.5 Å². The molecule has 3 aromatic carbocycles. The summed E-state index contributed by atoms with van der Waals surface area (Å²) >= 11 is 1.00. The number of ether oxygens (including phenoxy) is 1. The lowest BCUT2D eigenvalue weighted by Gasteiger charge is -2.36. The summed E-state index contributed by atoms with van der Waals surface area (Å²) in [5.41, 5.74) is 1.31. The SMILES string of the molecule is O=c1oc2ccccc2cc1-c1nnc(Sc2nc(Oc3ccnc4ccccc34)nc(N3CCN(c4ccccc4F)CC3)n2)o1. The van der Waals surface area contributed by atoms with Gasteiger partial charge in [0.1, 0.15) is 22.7 Å². The summed E-state index contributed by atoms with van der Waals surface area (Å²) in [4.78, 5) is 34.9. The molecule has 0 aliphatic carbocycles. The van der Waals surface area contributed by atoms with Crippen molar-refractivity contribution in [1.82, 2.24) is 30.1 Å². The quantitative estimate of drug-likeness (QED) is 0.188. The zero-order valence-electron chi connectivity index (χ0n) is 24.5. The number of para-hydroxylation sites is 3. The fourth-order valence-corrected chi connectivity index (χ4v) is 5.93. The third-order valence-electron chi connectivity index (χ3n) is 7.61. The lowest BCUT2D eigenvalue weighted by atomic mass is 10.2. The van der Waals surface area contributed by atoms with Crippen molar-refractivity contribution in [3.05, 3.63) is 107 Å². The van der Waals surface area contributed by atoms with E-state index in [0.29, 0.717) is 49.1 Å². The Kier molecular flexibility index (Phi) is 7.38. The van der Waals surface area contributed by atoms with Gasteiger partial charge >= 0.3 is 11.6 Å². The molecule has 5 heterocycles. The first-order valence-electron chi connectivity index (χ1n) is 14.6. The summed E-state index contributed by atoms with van der Waals surface area (Å²) in [5.74, 6) is 0.640. The molecule has 0 radical (unpaired) electrons. The molecule has 1 fully saturated rings. The summed E-state index contributed by atoms with van der Waals surface area (Å²) in [6.45, 7) is 2.17. The number of nitrogens with zero attached hydrogens (tertiary/aromatic N) is 8. The van der Waals surface area contributed by atoms with E-state index < -0.39 is 5.63 Å². The number of rotatable bonds is 7. The molecule has 7 aromatic rings. The lowest BCUT2D eigenvalue weighted by molar-refractivity contribution is 0.434. The standard InChI is InChI=1S/C33H23FN8O4S/c34-23-9-3-5-11-25(23)41-15-17-42(18-16-41)30-36-31(45-27-13-14-35-24-10-4-2-8-21(24)27)38-32(37-30)47-33-40-39-28(46-33)22-19-20-7-1-6-12-26(20)44-29(22)43/h1-14,19H,15-18H2. The zero-order chi connectivity index (χ0) is 31.7. The van der Waals surface area contributed by atoms with Crippen LogP contribution in [0.5, 0.6) is 11.8 Å². The Morgan fingerprint density at radius 2 is 1.60 bits per heavy atom. The number of pyridine rings is 1. The second-order valence-corrected chi connectivity index (χ2v) is 11.4. The number of halogens is 1. The summed E-state index contributed by atoms with van der Waals surface area (Å²) in [6.07, 6.45) is 1.65. The fraction of sp³-hybridized carbons (Fsp3) is 0.121. The van der Waals surface area contributed by atoms with Gasteiger partial charge in [0.2, 0.25) is 11.1 Å². The van der Waals surface area contributed by atoms with Crippen LogP contribution in [0.25, 0.3) is 33.3 Å². The molecule has 1 aliphatic heterocycles. The van der Waals surface area contributed by atoms with Crippen LogP contribution in [0.1, 0.15) is 0 Å². The number of anilines is 2. The third kappa shape index (κ3) is 5.81. The molecule has 14 heteroatoms. The molecule has 0 N–H and O–H groups in total. The topological polar surface area (TPSA) is 136 Å². The number of aromatic nitrogens is 6. The van der Waals surface area contributed by atoms with E-state index in [-0.39, 0.29) is 33.7 Å². The van der Waals surface area contributed by atoms with Crippen LogP contribution in [0.3, 0.4) is 0 Å². The highest BCUT2D eigenvalue weighted by Gasteiger charge is 2.24. The summed E-state index contributed by atoms with van der Waals surface area (Å²) in [6, 6.07) is 24.9. The van der Waals surface area contributed by atoms with Gasteiger partial charge in [-0.3, -0.25) is 4.98 Å². The third-order valence-corrected chi connectivity index (χ3v) is 8.31. The van der Waals surface area contributed by atoms with Crippen LogP contribution >= 0.6 is 11.8 Å². The molecule has 1 aliphatic rings. The van der Waals surface area contributed by atoms with E-state index >= 15 is 0 Å². The number of benzene rings is 3. The van der Waals surface area contributed by atoms with Crippen LogP contribution < -0.4 is 20.2 Å². The molecule has 0 unspecified atom stereocenters. The molecule has 1 saturated heterocycles. The molecular weight excluding hydrogens is 623 g/mol. The van der Waals surface area contributed by atoms with Gasteiger partial charge in [-0.25, -0.2) is 9.18 Å². The van der Waals surface area contributed by atoms with Crippen molar-refractivity contribution in [1.29, 1.82) is 0 Å². The summed E-state index contributed by atoms with van der Waals surface area (Å²) in [7, 11) is 0. The number of hydrogen-bond acceptors (Lipinski definition) is 13. The average Bonchev–Trinajstić information content (AvgIpc) is 3.56. The monoisotopic (exact) mass is 646 g/mol. The molecule has 4 aromatic heterocycles. The van der Waals surface area contributed by atoms with Crippen LogP contribution in [0.4, 0.5) is 16.0 Å². The van der Waals surface area contributed by atoms with E-state index in [1.807, 2.05) is 52.3 Å². The molecular formula is C33H23FN8O4S. The van der Waals surface area contributed by atoms with Crippen molar-refractivity contribution in [2.45, 2.75) is 10.4 Å². The van der Waals surface area contributed by atoms with Gasteiger partial charge in [-0.05, 0) is 42.5 Å². The maximum absolute atomic E-state index is 14.5. The Labute approximate surface area is 269 Å². The van der Waals surface area contributed by atoms with Gasteiger partial charge in [0.25, 0.3) is 11.1 Å². The van der Waals surface area contributed by atoms with Gasteiger partial charge < -0.3 is 23.4 Å². The normalized spacial score (nSPS) is 13.4. The smallest absolute Gasteiger partial charge is 0.349 e. The fourth-order valence-electron chi connectivity index (χ4n) is 5.32. The molecule has 0 amide bonds. The minimum absolute atomic E-state index is 0.00489.